The van der Waals surface area contributed by atoms with Crippen LogP contribution in [0.2, 0.25) is 0 Å². The summed E-state index contributed by atoms with van der Waals surface area (Å²) in [6.07, 6.45) is 5.28. The lowest BCUT2D eigenvalue weighted by atomic mass is 10.3. The molecule has 0 amide bonds. The Bertz CT molecular complexity index is 823. The molecule has 0 aliphatic rings. The van der Waals surface area contributed by atoms with Crippen molar-refractivity contribution in [2.24, 2.45) is 0 Å². The van der Waals surface area contributed by atoms with E-state index < -0.39 is 0 Å². The van der Waals surface area contributed by atoms with Gasteiger partial charge in [-0.1, -0.05) is 18.2 Å². The van der Waals surface area contributed by atoms with Crippen LogP contribution in [0.25, 0.3) is 5.69 Å². The van der Waals surface area contributed by atoms with Crippen molar-refractivity contribution in [3.8, 4) is 5.69 Å². The Morgan fingerprint density at radius 2 is 2.00 bits per heavy atom. The molecule has 0 N–H and O–H groups in total. The summed E-state index contributed by atoms with van der Waals surface area (Å²) in [7, 11) is 0. The Hall–Kier alpha value is -1.96. The van der Waals surface area contributed by atoms with Gasteiger partial charge in [0.2, 0.25) is 0 Å². The summed E-state index contributed by atoms with van der Waals surface area (Å²) < 4.78 is 4.05. The topological polar surface area (TPSA) is 52.7 Å². The van der Waals surface area contributed by atoms with E-state index in [9.17, 15) is 4.79 Å². The normalized spacial score (nSPS) is 10.8. The molecule has 2 heterocycles. The van der Waals surface area contributed by atoms with E-state index >= 15 is 0 Å². The van der Waals surface area contributed by atoms with Crippen LogP contribution < -0.4 is 5.56 Å². The van der Waals surface area contributed by atoms with Crippen LogP contribution >= 0.6 is 22.6 Å². The third-order valence-corrected chi connectivity index (χ3v) is 4.41. The first-order chi connectivity index (χ1) is 10.1. The SMILES string of the molecule is Cc1ncn(Cc2cnn(-c3ccccc3)c2)c(=O)c1I. The molecule has 1 aromatic carbocycles. The summed E-state index contributed by atoms with van der Waals surface area (Å²) in [4.78, 5) is 16.4. The number of nitrogens with zero attached hydrogens (tertiary/aromatic N) is 4. The maximum atomic E-state index is 12.2. The molecule has 0 aliphatic carbocycles. The third-order valence-electron chi connectivity index (χ3n) is 3.17. The fraction of sp³-hybridized carbons (Fsp3) is 0.133. The lowest BCUT2D eigenvalue weighted by molar-refractivity contribution is 0.723. The zero-order valence-electron chi connectivity index (χ0n) is 11.4. The van der Waals surface area contributed by atoms with Gasteiger partial charge in [0, 0.05) is 11.8 Å². The number of hydrogen-bond acceptors (Lipinski definition) is 3. The van der Waals surface area contributed by atoms with E-state index in [-0.39, 0.29) is 5.56 Å². The average Bonchev–Trinajstić information content (AvgIpc) is 2.97. The maximum absolute atomic E-state index is 12.2. The van der Waals surface area contributed by atoms with E-state index in [0.29, 0.717) is 10.1 Å². The first-order valence-electron chi connectivity index (χ1n) is 6.45. The van der Waals surface area contributed by atoms with Gasteiger partial charge in [0.15, 0.2) is 0 Å². The van der Waals surface area contributed by atoms with Crippen LogP contribution in [-0.2, 0) is 6.54 Å². The molecular formula is C15H13IN4O. The van der Waals surface area contributed by atoms with Gasteiger partial charge in [-0.3, -0.25) is 9.36 Å². The van der Waals surface area contributed by atoms with E-state index in [1.54, 1.807) is 21.8 Å². The van der Waals surface area contributed by atoms with Gasteiger partial charge in [-0.15, -0.1) is 0 Å². The molecule has 0 bridgehead atoms. The highest BCUT2D eigenvalue weighted by molar-refractivity contribution is 14.1. The standard InChI is InChI=1S/C15H13IN4O/c1-11-14(16)15(21)19(10-17-11)8-12-7-18-20(9-12)13-5-3-2-4-6-13/h2-7,9-10H,8H2,1H3. The van der Waals surface area contributed by atoms with Gasteiger partial charge in [0.1, 0.15) is 0 Å². The van der Waals surface area contributed by atoms with Gasteiger partial charge in [0.05, 0.1) is 34.0 Å². The number of aromatic nitrogens is 4. The second-order valence-corrected chi connectivity index (χ2v) is 5.78. The molecule has 6 heteroatoms. The fourth-order valence-corrected chi connectivity index (χ4v) is 2.47. The molecule has 3 rings (SSSR count). The number of benzene rings is 1. The molecule has 0 aliphatic heterocycles. The van der Waals surface area contributed by atoms with Crippen molar-refractivity contribution >= 4 is 22.6 Å². The van der Waals surface area contributed by atoms with Crippen LogP contribution in [0, 0.1) is 10.5 Å². The van der Waals surface area contributed by atoms with Gasteiger partial charge in [-0.05, 0) is 41.6 Å². The number of para-hydroxylation sites is 1. The van der Waals surface area contributed by atoms with Crippen molar-refractivity contribution in [3.05, 3.63) is 74.2 Å². The summed E-state index contributed by atoms with van der Waals surface area (Å²) in [6.45, 7) is 2.30. The van der Waals surface area contributed by atoms with Gasteiger partial charge < -0.3 is 0 Å². The summed E-state index contributed by atoms with van der Waals surface area (Å²) >= 11 is 2.04. The van der Waals surface area contributed by atoms with Crippen molar-refractivity contribution < 1.29 is 0 Å². The maximum Gasteiger partial charge on any atom is 0.267 e. The minimum atomic E-state index is -0.0180. The molecule has 0 fully saturated rings. The summed E-state index contributed by atoms with van der Waals surface area (Å²) in [5.41, 5.74) is 2.70. The van der Waals surface area contributed by atoms with Crippen LogP contribution in [0.4, 0.5) is 0 Å². The van der Waals surface area contributed by atoms with Gasteiger partial charge in [-0.25, -0.2) is 9.67 Å². The predicted octanol–water partition coefficient (Wildman–Crippen LogP) is 2.39. The Morgan fingerprint density at radius 3 is 2.76 bits per heavy atom. The first-order valence-corrected chi connectivity index (χ1v) is 7.53. The number of aryl methyl sites for hydroxylation is 1. The molecular weight excluding hydrogens is 379 g/mol. The zero-order valence-corrected chi connectivity index (χ0v) is 13.6. The summed E-state index contributed by atoms with van der Waals surface area (Å²) in [6, 6.07) is 9.87. The van der Waals surface area contributed by atoms with Crippen molar-refractivity contribution in [2.45, 2.75) is 13.5 Å². The molecule has 0 radical (unpaired) electrons. The summed E-state index contributed by atoms with van der Waals surface area (Å²) in [5, 5.41) is 4.33. The van der Waals surface area contributed by atoms with Crippen molar-refractivity contribution in [1.29, 1.82) is 0 Å². The lowest BCUT2D eigenvalue weighted by Gasteiger charge is -2.05. The predicted molar refractivity (Wildman–Crippen MR) is 88.6 cm³/mol. The third kappa shape index (κ3) is 2.90. The van der Waals surface area contributed by atoms with Gasteiger partial charge >= 0.3 is 0 Å². The van der Waals surface area contributed by atoms with Crippen LogP contribution in [0.1, 0.15) is 11.3 Å². The highest BCUT2D eigenvalue weighted by Gasteiger charge is 2.07. The molecule has 0 spiro atoms. The van der Waals surface area contributed by atoms with Crippen molar-refractivity contribution in [1.82, 2.24) is 19.3 Å². The van der Waals surface area contributed by atoms with E-state index in [4.69, 9.17) is 0 Å². The van der Waals surface area contributed by atoms with Crippen LogP contribution in [-0.4, -0.2) is 19.3 Å². The molecule has 3 aromatic rings. The second-order valence-electron chi connectivity index (χ2n) is 4.71. The Morgan fingerprint density at radius 1 is 1.24 bits per heavy atom. The van der Waals surface area contributed by atoms with Crippen LogP contribution in [0.3, 0.4) is 0 Å². The van der Waals surface area contributed by atoms with Crippen LogP contribution in [0.15, 0.2) is 53.8 Å². The zero-order chi connectivity index (χ0) is 14.8. The Labute approximate surface area is 135 Å². The number of halogens is 1. The smallest absolute Gasteiger partial charge is 0.267 e. The van der Waals surface area contributed by atoms with E-state index in [1.165, 1.54) is 0 Å². The lowest BCUT2D eigenvalue weighted by Crippen LogP contribution is -2.24. The molecule has 0 atom stereocenters. The molecule has 106 valence electrons. The van der Waals surface area contributed by atoms with E-state index in [0.717, 1.165) is 16.9 Å². The van der Waals surface area contributed by atoms with Gasteiger partial charge in [-0.2, -0.15) is 5.10 Å². The van der Waals surface area contributed by atoms with E-state index in [1.807, 2.05) is 66.0 Å². The van der Waals surface area contributed by atoms with E-state index in [2.05, 4.69) is 10.1 Å². The number of rotatable bonds is 3. The summed E-state index contributed by atoms with van der Waals surface area (Å²) in [5.74, 6) is 0. The largest absolute Gasteiger partial charge is 0.294 e. The molecule has 2 aromatic heterocycles. The number of hydrogen-bond donors (Lipinski definition) is 0. The highest BCUT2D eigenvalue weighted by Crippen LogP contribution is 2.09. The van der Waals surface area contributed by atoms with Crippen molar-refractivity contribution in [3.63, 3.8) is 0 Å². The molecule has 21 heavy (non-hydrogen) atoms. The van der Waals surface area contributed by atoms with Crippen molar-refractivity contribution in [2.75, 3.05) is 0 Å². The molecule has 0 saturated heterocycles. The monoisotopic (exact) mass is 392 g/mol. The average molecular weight is 392 g/mol. The highest BCUT2D eigenvalue weighted by atomic mass is 127. The minimum Gasteiger partial charge on any atom is -0.294 e. The fourth-order valence-electron chi connectivity index (χ4n) is 2.02. The van der Waals surface area contributed by atoms with Gasteiger partial charge in [0.25, 0.3) is 5.56 Å². The minimum absolute atomic E-state index is 0.0180. The molecule has 5 nitrogen and oxygen atoms in total. The molecule has 0 saturated carbocycles. The Kier molecular flexibility index (Phi) is 3.87. The first kappa shape index (κ1) is 14.0. The quantitative estimate of drug-likeness (QED) is 0.644. The Balaban J connectivity index is 1.89. The van der Waals surface area contributed by atoms with Crippen LogP contribution in [0.5, 0.6) is 0 Å². The molecule has 0 unspecified atom stereocenters. The second kappa shape index (κ2) is 5.80.